The van der Waals surface area contributed by atoms with Crippen LogP contribution in [0.2, 0.25) is 5.02 Å². The number of fused-ring (bicyclic) bond motifs is 2. The maximum atomic E-state index is 14.0. The van der Waals surface area contributed by atoms with Crippen LogP contribution >= 0.6 is 23.5 Å². The van der Waals surface area contributed by atoms with E-state index in [9.17, 15) is 19.1 Å². The summed E-state index contributed by atoms with van der Waals surface area (Å²) in [7, 11) is -0.550. The molecule has 9 rings (SSSR count). The number of benzene rings is 3. The van der Waals surface area contributed by atoms with Crippen molar-refractivity contribution < 1.29 is 23.4 Å². The number of piperazine rings is 1. The lowest BCUT2D eigenvalue weighted by Gasteiger charge is -2.39. The van der Waals surface area contributed by atoms with Crippen LogP contribution in [-0.2, 0) is 9.73 Å². The highest BCUT2D eigenvalue weighted by Crippen LogP contribution is 2.44. The Hall–Kier alpha value is -5.33. The summed E-state index contributed by atoms with van der Waals surface area (Å²) < 4.78 is 32.2. The SMILES string of the molecule is CN=S1(=O)CCN(C[C@H]2COc3cc(SNC(=O)c4ccc(N5CCN(CC6=C(c7ccc(Cl)cc7)CC(C)(C)CC6)CC5)cc4Oc4cnc5[nH]ccc5c4)cc([N+](=O)[O-])c3N2)CC1. The summed E-state index contributed by atoms with van der Waals surface area (Å²) in [5, 5.41) is 17.3. The molecular weight excluding hydrogens is 886 g/mol. The number of nitro groups is 1. The van der Waals surface area contributed by atoms with Crippen LogP contribution in [0.1, 0.15) is 49.0 Å². The quantitative estimate of drug-likeness (QED) is 0.0619. The molecule has 65 heavy (non-hydrogen) atoms. The number of nitrogens with one attached hydrogen (secondary N) is 3. The Bertz CT molecular complexity index is 2750. The molecule has 0 spiro atoms. The minimum absolute atomic E-state index is 0.155. The number of allylic oxidation sites excluding steroid dienone is 1. The number of carbonyl (C=O) groups is 1. The second-order valence-corrected chi connectivity index (χ2v) is 22.0. The highest BCUT2D eigenvalue weighted by atomic mass is 35.5. The summed E-state index contributed by atoms with van der Waals surface area (Å²) in [6, 6.07) is 20.6. The molecule has 3 aromatic carbocycles. The van der Waals surface area contributed by atoms with E-state index >= 15 is 0 Å². The zero-order valence-corrected chi connectivity index (χ0v) is 39.2. The highest BCUT2D eigenvalue weighted by Gasteiger charge is 2.32. The van der Waals surface area contributed by atoms with Crippen LogP contribution in [0, 0.1) is 15.5 Å². The Morgan fingerprint density at radius 1 is 1.06 bits per heavy atom. The standard InChI is InChI=1S/C47H54ClN9O6S2/c1-47(2)12-10-33(40(26-47)31-4-6-34(48)7-5-31)28-54-14-16-56(17-15-54)36-8-9-39(42(23-36)63-37-22-32-11-13-50-45(32)51-27-37)46(58)53-64-38-24-41(57(59)60)44-43(25-38)62-30-35(52-44)29-55-18-20-65(61,49-3)21-19-55/h4-9,11,13,22-25,27,35,52H,10,12,14-21,26,28-30H2,1-3H3,(H,50,51)(H,53,58)/t35-/m0/s1. The monoisotopic (exact) mass is 939 g/mol. The zero-order chi connectivity index (χ0) is 45.3. The van der Waals surface area contributed by atoms with Gasteiger partial charge in [0.25, 0.3) is 11.6 Å². The smallest absolute Gasteiger partial charge is 0.297 e. The van der Waals surface area contributed by atoms with E-state index in [0.717, 1.165) is 85.7 Å². The lowest BCUT2D eigenvalue weighted by molar-refractivity contribution is -0.384. The average Bonchev–Trinajstić information content (AvgIpc) is 3.78. The van der Waals surface area contributed by atoms with Gasteiger partial charge in [-0.05, 0) is 90.2 Å². The molecule has 0 saturated carbocycles. The molecule has 1 amide bonds. The Kier molecular flexibility index (Phi) is 13.0. The molecular formula is C47H54ClN9O6S2. The van der Waals surface area contributed by atoms with Gasteiger partial charge in [-0.15, -0.1) is 0 Å². The number of nitro benzene ring substituents is 1. The number of hydrogen-bond donors (Lipinski definition) is 3. The van der Waals surface area contributed by atoms with Crippen molar-refractivity contribution >= 4 is 72.9 Å². The number of carbonyl (C=O) groups excluding carboxylic acids is 1. The van der Waals surface area contributed by atoms with Crippen molar-refractivity contribution in [1.82, 2.24) is 24.5 Å². The number of nitrogens with zero attached hydrogens (tertiary/aromatic N) is 6. The lowest BCUT2D eigenvalue weighted by Crippen LogP contribution is -2.48. The predicted octanol–water partition coefficient (Wildman–Crippen LogP) is 8.73. The molecule has 1 aliphatic carbocycles. The maximum Gasteiger partial charge on any atom is 0.297 e. The molecule has 1 atom stereocenters. The van der Waals surface area contributed by atoms with E-state index < -0.39 is 20.6 Å². The number of aromatic amines is 1. The second-order valence-electron chi connectivity index (χ2n) is 18.0. The van der Waals surface area contributed by atoms with E-state index in [-0.39, 0.29) is 17.1 Å². The van der Waals surface area contributed by atoms with Gasteiger partial charge in [0.05, 0.1) is 22.7 Å². The summed E-state index contributed by atoms with van der Waals surface area (Å²) in [6.07, 6.45) is 6.72. The Balaban J connectivity index is 0.892. The first-order valence-electron chi connectivity index (χ1n) is 22.0. The fraction of sp³-hybridized carbons (Fsp3) is 0.404. The number of H-pyrrole nitrogens is 1. The van der Waals surface area contributed by atoms with Crippen LogP contribution in [0.5, 0.6) is 17.2 Å². The van der Waals surface area contributed by atoms with Crippen molar-refractivity contribution in [3.05, 3.63) is 111 Å². The van der Waals surface area contributed by atoms with Gasteiger partial charge in [-0.1, -0.05) is 43.2 Å². The van der Waals surface area contributed by atoms with Gasteiger partial charge in [-0.25, -0.2) is 13.6 Å². The van der Waals surface area contributed by atoms with Gasteiger partial charge in [0.2, 0.25) is 0 Å². The third-order valence-corrected chi connectivity index (χ3v) is 16.2. The first-order chi connectivity index (χ1) is 31.3. The van der Waals surface area contributed by atoms with Crippen LogP contribution in [0.15, 0.2) is 94.0 Å². The zero-order valence-electron chi connectivity index (χ0n) is 36.8. The Morgan fingerprint density at radius 3 is 2.60 bits per heavy atom. The summed E-state index contributed by atoms with van der Waals surface area (Å²) in [6.45, 7) is 11.2. The van der Waals surface area contributed by atoms with Crippen molar-refractivity contribution in [2.45, 2.75) is 44.0 Å². The molecule has 0 unspecified atom stereocenters. The Labute approximate surface area is 388 Å². The number of rotatable bonds is 12. The molecule has 18 heteroatoms. The maximum absolute atomic E-state index is 14.0. The second kappa shape index (κ2) is 18.9. The number of anilines is 2. The van der Waals surface area contributed by atoms with Crippen LogP contribution in [-0.4, -0.2) is 118 Å². The first-order valence-corrected chi connectivity index (χ1v) is 25.1. The lowest BCUT2D eigenvalue weighted by atomic mass is 9.72. The third-order valence-electron chi connectivity index (χ3n) is 12.9. The number of aromatic nitrogens is 2. The number of amides is 1. The van der Waals surface area contributed by atoms with E-state index in [2.05, 4.69) is 65.0 Å². The molecule has 5 heterocycles. The molecule has 3 aliphatic heterocycles. The third kappa shape index (κ3) is 10.4. The fourth-order valence-electron chi connectivity index (χ4n) is 9.15. The molecule has 0 radical (unpaired) electrons. The average molecular weight is 941 g/mol. The predicted molar refractivity (Wildman–Crippen MR) is 259 cm³/mol. The van der Waals surface area contributed by atoms with Gasteiger partial charge in [0.15, 0.2) is 11.4 Å². The van der Waals surface area contributed by atoms with E-state index in [1.54, 1.807) is 25.4 Å². The van der Waals surface area contributed by atoms with E-state index in [1.807, 2.05) is 42.6 Å². The number of pyridine rings is 1. The van der Waals surface area contributed by atoms with Gasteiger partial charge >= 0.3 is 0 Å². The molecule has 5 aromatic rings. The number of hydrogen-bond acceptors (Lipinski definition) is 13. The molecule has 342 valence electrons. The van der Waals surface area contributed by atoms with Crippen molar-refractivity contribution in [2.24, 2.45) is 9.78 Å². The minimum atomic E-state index is -2.16. The molecule has 2 fully saturated rings. The van der Waals surface area contributed by atoms with E-state index in [4.69, 9.17) is 21.1 Å². The normalized spacial score (nSPS) is 19.8. The van der Waals surface area contributed by atoms with Gasteiger partial charge in [0, 0.05) is 120 Å². The largest absolute Gasteiger partial charge is 0.489 e. The van der Waals surface area contributed by atoms with Gasteiger partial charge in [-0.2, -0.15) is 0 Å². The summed E-state index contributed by atoms with van der Waals surface area (Å²) in [4.78, 5) is 41.0. The van der Waals surface area contributed by atoms with Crippen molar-refractivity contribution in [3.8, 4) is 17.2 Å². The highest BCUT2D eigenvalue weighted by molar-refractivity contribution is 7.98. The molecule has 2 saturated heterocycles. The Morgan fingerprint density at radius 2 is 1.85 bits per heavy atom. The molecule has 2 aromatic heterocycles. The topological polar surface area (TPSA) is 171 Å². The van der Waals surface area contributed by atoms with Crippen molar-refractivity contribution in [2.75, 3.05) is 87.7 Å². The number of ether oxygens (including phenoxy) is 2. The van der Waals surface area contributed by atoms with Gasteiger partial charge in [-0.3, -0.25) is 29.4 Å². The van der Waals surface area contributed by atoms with E-state index in [1.165, 1.54) is 22.8 Å². The van der Waals surface area contributed by atoms with Crippen LogP contribution in [0.25, 0.3) is 16.6 Å². The van der Waals surface area contributed by atoms with E-state index in [0.29, 0.717) is 71.1 Å². The molecule has 15 nitrogen and oxygen atoms in total. The molecule has 0 bridgehead atoms. The summed E-state index contributed by atoms with van der Waals surface area (Å²) >= 11 is 7.23. The van der Waals surface area contributed by atoms with Gasteiger partial charge in [0.1, 0.15) is 23.8 Å². The summed E-state index contributed by atoms with van der Waals surface area (Å²) in [5.41, 5.74) is 6.55. The first kappa shape index (κ1) is 44.9. The van der Waals surface area contributed by atoms with Crippen LogP contribution in [0.3, 0.4) is 0 Å². The van der Waals surface area contributed by atoms with Crippen molar-refractivity contribution in [1.29, 1.82) is 0 Å². The minimum Gasteiger partial charge on any atom is -0.489 e. The fourth-order valence-corrected chi connectivity index (χ4v) is 11.6. The van der Waals surface area contributed by atoms with Crippen LogP contribution < -0.4 is 24.4 Å². The number of halogens is 1. The summed E-state index contributed by atoms with van der Waals surface area (Å²) in [5.74, 6) is 1.74. The molecule has 3 N–H and O–H groups in total. The van der Waals surface area contributed by atoms with Crippen molar-refractivity contribution in [3.63, 3.8) is 0 Å². The van der Waals surface area contributed by atoms with Crippen LogP contribution in [0.4, 0.5) is 17.1 Å². The molecule has 4 aliphatic rings. The van der Waals surface area contributed by atoms with Gasteiger partial charge < -0.3 is 24.7 Å².